The lowest BCUT2D eigenvalue weighted by Crippen LogP contribution is -2.58. The van der Waals surface area contributed by atoms with Crippen molar-refractivity contribution < 1.29 is 4.79 Å². The van der Waals surface area contributed by atoms with Crippen LogP contribution in [0.3, 0.4) is 0 Å². The van der Waals surface area contributed by atoms with Gasteiger partial charge in [0.05, 0.1) is 5.54 Å². The minimum absolute atomic E-state index is 0. The monoisotopic (exact) mass is 387 g/mol. The number of halogens is 2. The molecule has 2 aliphatic rings. The van der Waals surface area contributed by atoms with Gasteiger partial charge in [-0.05, 0) is 44.2 Å². The van der Waals surface area contributed by atoms with Crippen molar-refractivity contribution in [2.75, 3.05) is 13.1 Å². The highest BCUT2D eigenvalue weighted by atomic mass is 35.5. The van der Waals surface area contributed by atoms with Gasteiger partial charge in [-0.1, -0.05) is 37.1 Å². The quantitative estimate of drug-likeness (QED) is 0.834. The molecule has 1 fully saturated rings. The van der Waals surface area contributed by atoms with E-state index in [4.69, 9.17) is 5.73 Å². The molecule has 4 nitrogen and oxygen atoms in total. The number of nitrogens with two attached hydrogens (primary N) is 1. The van der Waals surface area contributed by atoms with Crippen molar-refractivity contribution in [2.45, 2.75) is 63.6 Å². The molecule has 0 atom stereocenters. The van der Waals surface area contributed by atoms with E-state index in [0.29, 0.717) is 6.54 Å². The Hall–Kier alpha value is -0.810. The number of hydrogen-bond donors (Lipinski definition) is 2. The van der Waals surface area contributed by atoms with Gasteiger partial charge in [0, 0.05) is 25.2 Å². The van der Waals surface area contributed by atoms with Crippen molar-refractivity contribution in [3.63, 3.8) is 0 Å². The second-order valence-corrected chi connectivity index (χ2v) is 7.80. The smallest absolute Gasteiger partial charge is 0.240 e. The predicted molar refractivity (Wildman–Crippen MR) is 108 cm³/mol. The first-order valence-corrected chi connectivity index (χ1v) is 8.80. The molecular formula is C19H31Cl2N3O. The lowest BCUT2D eigenvalue weighted by Gasteiger charge is -2.42. The van der Waals surface area contributed by atoms with E-state index in [1.807, 2.05) is 0 Å². The highest BCUT2D eigenvalue weighted by Gasteiger charge is 2.38. The fourth-order valence-corrected chi connectivity index (χ4v) is 3.83. The van der Waals surface area contributed by atoms with Gasteiger partial charge in [0.2, 0.25) is 5.91 Å². The molecule has 3 N–H and O–H groups in total. The average Bonchev–Trinajstić information content (AvgIpc) is 3.00. The van der Waals surface area contributed by atoms with Crippen molar-refractivity contribution in [1.29, 1.82) is 0 Å². The molecule has 1 saturated carbocycles. The van der Waals surface area contributed by atoms with Gasteiger partial charge in [-0.2, -0.15) is 0 Å². The maximum absolute atomic E-state index is 12.4. The summed E-state index contributed by atoms with van der Waals surface area (Å²) in [5.41, 5.74) is 8.40. The minimum atomic E-state index is -0.634. The Labute approximate surface area is 163 Å². The van der Waals surface area contributed by atoms with Gasteiger partial charge in [0.25, 0.3) is 0 Å². The number of nitrogens with zero attached hydrogens (tertiary/aromatic N) is 1. The fraction of sp³-hybridized carbons (Fsp3) is 0.632. The van der Waals surface area contributed by atoms with Gasteiger partial charge in [-0.15, -0.1) is 24.8 Å². The van der Waals surface area contributed by atoms with Crippen LogP contribution < -0.4 is 11.1 Å². The molecule has 25 heavy (non-hydrogen) atoms. The Kier molecular flexibility index (Phi) is 7.75. The van der Waals surface area contributed by atoms with Crippen LogP contribution in [0.1, 0.15) is 50.7 Å². The van der Waals surface area contributed by atoms with Crippen LogP contribution in [-0.2, 0) is 17.8 Å². The summed E-state index contributed by atoms with van der Waals surface area (Å²) in [6, 6.07) is 8.65. The van der Waals surface area contributed by atoms with Gasteiger partial charge >= 0.3 is 0 Å². The number of nitrogens with one attached hydrogen (secondary N) is 1. The summed E-state index contributed by atoms with van der Waals surface area (Å²) in [7, 11) is 0. The van der Waals surface area contributed by atoms with E-state index in [2.05, 4.69) is 48.3 Å². The van der Waals surface area contributed by atoms with Crippen LogP contribution in [0.15, 0.2) is 24.3 Å². The largest absolute Gasteiger partial charge is 0.353 e. The highest BCUT2D eigenvalue weighted by Crippen LogP contribution is 2.28. The summed E-state index contributed by atoms with van der Waals surface area (Å²) >= 11 is 0. The van der Waals surface area contributed by atoms with Crippen LogP contribution >= 0.6 is 24.8 Å². The first kappa shape index (κ1) is 22.2. The lowest BCUT2D eigenvalue weighted by atomic mass is 9.93. The Morgan fingerprint density at radius 1 is 1.20 bits per heavy atom. The molecule has 0 spiro atoms. The van der Waals surface area contributed by atoms with Crippen molar-refractivity contribution >= 4 is 30.7 Å². The molecule has 1 aromatic carbocycles. The van der Waals surface area contributed by atoms with Crippen LogP contribution in [0, 0.1) is 0 Å². The van der Waals surface area contributed by atoms with E-state index in [0.717, 1.165) is 45.2 Å². The van der Waals surface area contributed by atoms with Crippen LogP contribution in [0.25, 0.3) is 0 Å². The van der Waals surface area contributed by atoms with E-state index in [9.17, 15) is 4.79 Å². The molecule has 0 unspecified atom stereocenters. The zero-order valence-electron chi connectivity index (χ0n) is 15.2. The predicted octanol–water partition coefficient (Wildman–Crippen LogP) is 3.05. The van der Waals surface area contributed by atoms with Crippen LogP contribution in [0.5, 0.6) is 0 Å². The van der Waals surface area contributed by atoms with Gasteiger partial charge in [-0.25, -0.2) is 0 Å². The molecular weight excluding hydrogens is 357 g/mol. The molecule has 6 heteroatoms. The number of fused-ring (bicyclic) bond motifs is 1. The van der Waals surface area contributed by atoms with E-state index >= 15 is 0 Å². The minimum Gasteiger partial charge on any atom is -0.353 e. The number of carbonyl (C=O) groups excluding carboxylic acids is 1. The third kappa shape index (κ3) is 4.88. The molecule has 1 aliphatic heterocycles. The first-order chi connectivity index (χ1) is 10.9. The molecule has 0 saturated heterocycles. The van der Waals surface area contributed by atoms with Gasteiger partial charge in [0.15, 0.2) is 0 Å². The molecule has 1 heterocycles. The maximum atomic E-state index is 12.4. The number of amides is 1. The van der Waals surface area contributed by atoms with Crippen LogP contribution in [0.4, 0.5) is 0 Å². The van der Waals surface area contributed by atoms with Gasteiger partial charge in [0.1, 0.15) is 0 Å². The molecule has 0 aromatic heterocycles. The molecule has 0 bridgehead atoms. The second kappa shape index (κ2) is 8.72. The molecule has 1 aliphatic carbocycles. The SMILES string of the molecule is CC(C)(CNC(=O)C1(N)CCCC1)N1CCc2ccccc2C1.Cl.Cl. The number of rotatable bonds is 4. The molecule has 142 valence electrons. The van der Waals surface area contributed by atoms with Crippen molar-refractivity contribution in [3.05, 3.63) is 35.4 Å². The number of hydrogen-bond acceptors (Lipinski definition) is 3. The summed E-state index contributed by atoms with van der Waals surface area (Å²) in [5, 5.41) is 3.12. The van der Waals surface area contributed by atoms with Crippen molar-refractivity contribution in [3.8, 4) is 0 Å². The molecule has 0 radical (unpaired) electrons. The fourth-order valence-electron chi connectivity index (χ4n) is 3.83. The molecule has 1 amide bonds. The molecule has 1 aromatic rings. The van der Waals surface area contributed by atoms with Crippen LogP contribution in [-0.4, -0.2) is 35.0 Å². The van der Waals surface area contributed by atoms with E-state index < -0.39 is 5.54 Å². The number of benzene rings is 1. The van der Waals surface area contributed by atoms with Crippen molar-refractivity contribution in [1.82, 2.24) is 10.2 Å². The standard InChI is InChI=1S/C19H29N3O.2ClH/c1-18(2,14-21-17(23)19(20)10-5-6-11-19)22-12-9-15-7-3-4-8-16(15)13-22;;/h3-4,7-8H,5-6,9-14,20H2,1-2H3,(H,21,23);2*1H. The zero-order valence-corrected chi connectivity index (χ0v) is 16.8. The Morgan fingerprint density at radius 3 is 2.44 bits per heavy atom. The third-order valence-electron chi connectivity index (χ3n) is 5.62. The zero-order chi connectivity index (χ0) is 16.5. The number of carbonyl (C=O) groups is 1. The summed E-state index contributed by atoms with van der Waals surface area (Å²) < 4.78 is 0. The van der Waals surface area contributed by atoms with E-state index in [-0.39, 0.29) is 36.3 Å². The Morgan fingerprint density at radius 2 is 1.80 bits per heavy atom. The molecule has 3 rings (SSSR count). The van der Waals surface area contributed by atoms with Gasteiger partial charge < -0.3 is 11.1 Å². The Bertz CT molecular complexity index is 586. The van der Waals surface area contributed by atoms with Crippen molar-refractivity contribution in [2.24, 2.45) is 5.73 Å². The second-order valence-electron chi connectivity index (χ2n) is 7.80. The summed E-state index contributed by atoms with van der Waals surface area (Å²) in [5.74, 6) is 0.0282. The average molecular weight is 388 g/mol. The Balaban J connectivity index is 0.00000156. The highest BCUT2D eigenvalue weighted by molar-refractivity contribution is 5.86. The normalized spacial score (nSPS) is 19.3. The van der Waals surface area contributed by atoms with Crippen LogP contribution in [0.2, 0.25) is 0 Å². The van der Waals surface area contributed by atoms with E-state index in [1.165, 1.54) is 11.1 Å². The van der Waals surface area contributed by atoms with E-state index in [1.54, 1.807) is 0 Å². The van der Waals surface area contributed by atoms with Gasteiger partial charge in [-0.3, -0.25) is 9.69 Å². The summed E-state index contributed by atoms with van der Waals surface area (Å²) in [4.78, 5) is 14.9. The topological polar surface area (TPSA) is 58.4 Å². The third-order valence-corrected chi connectivity index (χ3v) is 5.62. The summed E-state index contributed by atoms with van der Waals surface area (Å²) in [6.45, 7) is 7.05. The summed E-state index contributed by atoms with van der Waals surface area (Å²) in [6.07, 6.45) is 4.84. The first-order valence-electron chi connectivity index (χ1n) is 8.80. The lowest BCUT2D eigenvalue weighted by molar-refractivity contribution is -0.126. The maximum Gasteiger partial charge on any atom is 0.240 e.